The van der Waals surface area contributed by atoms with Gasteiger partial charge in [-0.15, -0.1) is 0 Å². The summed E-state index contributed by atoms with van der Waals surface area (Å²) < 4.78 is 0. The average Bonchev–Trinajstić information content (AvgIpc) is 2.96. The zero-order chi connectivity index (χ0) is 13.3. The van der Waals surface area contributed by atoms with Gasteiger partial charge in [0.1, 0.15) is 0 Å². The monoisotopic (exact) mass is 301 g/mol. The second-order valence-corrected chi connectivity index (χ2v) is 7.92. The zero-order valence-corrected chi connectivity index (χ0v) is 13.6. The van der Waals surface area contributed by atoms with E-state index in [1.165, 1.54) is 42.9 Å². The van der Waals surface area contributed by atoms with Crippen LogP contribution in [0.3, 0.4) is 0 Å². The van der Waals surface area contributed by atoms with Gasteiger partial charge in [0.15, 0.2) is 5.96 Å². The van der Waals surface area contributed by atoms with Crippen LogP contribution in [0.5, 0.6) is 0 Å². The van der Waals surface area contributed by atoms with Gasteiger partial charge < -0.3 is 10.6 Å². The van der Waals surface area contributed by atoms with Gasteiger partial charge in [-0.2, -0.15) is 23.5 Å². The molecular weight excluding hydrogens is 274 g/mol. The van der Waals surface area contributed by atoms with Crippen LogP contribution in [-0.2, 0) is 0 Å². The van der Waals surface area contributed by atoms with Gasteiger partial charge in [0.2, 0.25) is 0 Å². The third-order valence-corrected chi connectivity index (χ3v) is 6.16. The van der Waals surface area contributed by atoms with Crippen molar-refractivity contribution >= 4 is 29.5 Å². The molecule has 0 spiro atoms. The largest absolute Gasteiger partial charge is 0.357 e. The number of aliphatic imine (C=N–C) groups is 1. The maximum atomic E-state index is 4.77. The van der Waals surface area contributed by atoms with Crippen LogP contribution in [0.15, 0.2) is 4.99 Å². The summed E-state index contributed by atoms with van der Waals surface area (Å²) in [7, 11) is 0. The summed E-state index contributed by atoms with van der Waals surface area (Å²) in [6, 6.07) is 0. The van der Waals surface area contributed by atoms with E-state index in [0.29, 0.717) is 0 Å². The average molecular weight is 302 g/mol. The molecule has 0 saturated carbocycles. The highest BCUT2D eigenvalue weighted by Crippen LogP contribution is 2.25. The van der Waals surface area contributed by atoms with Crippen molar-refractivity contribution < 1.29 is 0 Å². The molecule has 2 aliphatic rings. The third-order valence-electron chi connectivity index (χ3n) is 3.71. The van der Waals surface area contributed by atoms with E-state index in [-0.39, 0.29) is 0 Å². The maximum absolute atomic E-state index is 4.77. The van der Waals surface area contributed by atoms with Crippen molar-refractivity contribution in [2.45, 2.75) is 37.9 Å². The van der Waals surface area contributed by atoms with Crippen molar-refractivity contribution in [1.29, 1.82) is 0 Å². The predicted octanol–water partition coefficient (Wildman–Crippen LogP) is 2.58. The Morgan fingerprint density at radius 1 is 1.16 bits per heavy atom. The second-order valence-electron chi connectivity index (χ2n) is 5.29. The van der Waals surface area contributed by atoms with E-state index < -0.39 is 0 Å². The molecule has 2 aliphatic heterocycles. The summed E-state index contributed by atoms with van der Waals surface area (Å²) in [6.07, 6.45) is 5.42. The molecule has 0 aromatic rings. The second kappa shape index (κ2) is 9.01. The molecule has 1 atom stereocenters. The van der Waals surface area contributed by atoms with Gasteiger partial charge in [0, 0.05) is 24.9 Å². The molecular formula is C14H27N3S2. The summed E-state index contributed by atoms with van der Waals surface area (Å²) >= 11 is 4.19. The van der Waals surface area contributed by atoms with Gasteiger partial charge in [-0.1, -0.05) is 0 Å². The van der Waals surface area contributed by atoms with Crippen molar-refractivity contribution in [3.63, 3.8) is 0 Å². The van der Waals surface area contributed by atoms with E-state index in [9.17, 15) is 0 Å². The van der Waals surface area contributed by atoms with Crippen LogP contribution < -0.4 is 10.6 Å². The van der Waals surface area contributed by atoms with Crippen molar-refractivity contribution in [1.82, 2.24) is 10.6 Å². The molecule has 2 fully saturated rings. The van der Waals surface area contributed by atoms with E-state index in [2.05, 4.69) is 41.1 Å². The van der Waals surface area contributed by atoms with Crippen LogP contribution in [0.25, 0.3) is 0 Å². The Morgan fingerprint density at radius 3 is 2.68 bits per heavy atom. The first-order valence-corrected chi connectivity index (χ1v) is 9.80. The van der Waals surface area contributed by atoms with Gasteiger partial charge in [0.05, 0.1) is 0 Å². The molecule has 3 nitrogen and oxygen atoms in total. The Balaban J connectivity index is 1.72. The van der Waals surface area contributed by atoms with E-state index in [1.807, 2.05) is 0 Å². The number of nitrogens with zero attached hydrogens (tertiary/aromatic N) is 1. The lowest BCUT2D eigenvalue weighted by Crippen LogP contribution is -2.40. The Labute approximate surface area is 126 Å². The molecule has 0 amide bonds. The molecule has 1 unspecified atom stereocenters. The van der Waals surface area contributed by atoms with Crippen molar-refractivity contribution in [2.24, 2.45) is 10.9 Å². The molecule has 0 aliphatic carbocycles. The van der Waals surface area contributed by atoms with Gasteiger partial charge in [-0.25, -0.2) is 0 Å². The fraction of sp³-hybridized carbons (Fsp3) is 0.929. The zero-order valence-electron chi connectivity index (χ0n) is 12.0. The van der Waals surface area contributed by atoms with E-state index in [1.54, 1.807) is 0 Å². The normalized spacial score (nSPS) is 25.5. The fourth-order valence-corrected chi connectivity index (χ4v) is 4.91. The molecule has 110 valence electrons. The SMILES string of the molecule is CCNC(=NCC1CCSCC1)NCC1CCCS1. The van der Waals surface area contributed by atoms with Gasteiger partial charge in [-0.05, 0) is 55.8 Å². The first-order chi connectivity index (χ1) is 9.38. The van der Waals surface area contributed by atoms with E-state index >= 15 is 0 Å². The molecule has 0 bridgehead atoms. The first kappa shape index (κ1) is 15.4. The minimum Gasteiger partial charge on any atom is -0.357 e. The lowest BCUT2D eigenvalue weighted by Gasteiger charge is -2.20. The number of thioether (sulfide) groups is 2. The summed E-state index contributed by atoms with van der Waals surface area (Å²) in [5, 5.41) is 7.67. The Morgan fingerprint density at radius 2 is 2.00 bits per heavy atom. The molecule has 2 N–H and O–H groups in total. The minimum absolute atomic E-state index is 0.787. The quantitative estimate of drug-likeness (QED) is 0.604. The predicted molar refractivity (Wildman–Crippen MR) is 89.5 cm³/mol. The van der Waals surface area contributed by atoms with Gasteiger partial charge in [-0.3, -0.25) is 4.99 Å². The summed E-state index contributed by atoms with van der Waals surface area (Å²) in [5.41, 5.74) is 0. The smallest absolute Gasteiger partial charge is 0.191 e. The van der Waals surface area contributed by atoms with Crippen molar-refractivity contribution in [3.8, 4) is 0 Å². The van der Waals surface area contributed by atoms with Crippen LogP contribution in [0, 0.1) is 5.92 Å². The number of nitrogens with one attached hydrogen (secondary N) is 2. The molecule has 2 heterocycles. The number of guanidine groups is 1. The van der Waals surface area contributed by atoms with Crippen molar-refractivity contribution in [3.05, 3.63) is 0 Å². The highest BCUT2D eigenvalue weighted by atomic mass is 32.2. The van der Waals surface area contributed by atoms with Crippen molar-refractivity contribution in [2.75, 3.05) is 36.9 Å². The molecule has 5 heteroatoms. The van der Waals surface area contributed by atoms with E-state index in [4.69, 9.17) is 4.99 Å². The molecule has 2 rings (SSSR count). The van der Waals surface area contributed by atoms with Crippen LogP contribution in [0.2, 0.25) is 0 Å². The minimum atomic E-state index is 0.787. The lowest BCUT2D eigenvalue weighted by atomic mass is 10.0. The van der Waals surface area contributed by atoms with Crippen LogP contribution in [0.4, 0.5) is 0 Å². The number of rotatable bonds is 5. The standard InChI is InChI=1S/C14H27N3S2/c1-2-15-14(17-11-13-4-3-7-19-13)16-10-12-5-8-18-9-6-12/h12-13H,2-11H2,1H3,(H2,15,16,17). The van der Waals surface area contributed by atoms with Gasteiger partial charge >= 0.3 is 0 Å². The summed E-state index contributed by atoms with van der Waals surface area (Å²) in [4.78, 5) is 4.77. The van der Waals surface area contributed by atoms with Crippen LogP contribution >= 0.6 is 23.5 Å². The third kappa shape index (κ3) is 5.86. The number of hydrogen-bond donors (Lipinski definition) is 2. The highest BCUT2D eigenvalue weighted by Gasteiger charge is 2.16. The molecule has 0 radical (unpaired) electrons. The molecule has 0 aromatic heterocycles. The fourth-order valence-electron chi connectivity index (χ4n) is 2.51. The molecule has 2 saturated heterocycles. The molecule has 0 aromatic carbocycles. The summed E-state index contributed by atoms with van der Waals surface area (Å²) in [6.45, 7) is 5.15. The summed E-state index contributed by atoms with van der Waals surface area (Å²) in [5.74, 6) is 5.80. The Kier molecular flexibility index (Phi) is 7.28. The van der Waals surface area contributed by atoms with E-state index in [0.717, 1.165) is 36.8 Å². The lowest BCUT2D eigenvalue weighted by molar-refractivity contribution is 0.501. The highest BCUT2D eigenvalue weighted by molar-refractivity contribution is 8.00. The van der Waals surface area contributed by atoms with Crippen LogP contribution in [-0.4, -0.2) is 48.1 Å². The number of hydrogen-bond acceptors (Lipinski definition) is 3. The Bertz CT molecular complexity index is 272. The maximum Gasteiger partial charge on any atom is 0.191 e. The van der Waals surface area contributed by atoms with Crippen LogP contribution in [0.1, 0.15) is 32.6 Å². The Hall–Kier alpha value is -0.0300. The first-order valence-electron chi connectivity index (χ1n) is 7.60. The molecule has 19 heavy (non-hydrogen) atoms. The van der Waals surface area contributed by atoms with Gasteiger partial charge in [0.25, 0.3) is 0 Å². The topological polar surface area (TPSA) is 36.4 Å².